The average molecular weight is 438 g/mol. The van der Waals surface area contributed by atoms with Crippen molar-refractivity contribution in [2.24, 2.45) is 0 Å². The molecule has 1 aliphatic heterocycles. The van der Waals surface area contributed by atoms with Crippen molar-refractivity contribution in [3.05, 3.63) is 77.8 Å². The van der Waals surface area contributed by atoms with E-state index in [0.717, 1.165) is 10.4 Å². The number of nitrogens with one attached hydrogen (secondary N) is 1. The molecular weight excluding hydrogens is 414 g/mol. The first kappa shape index (κ1) is 20.5. The van der Waals surface area contributed by atoms with E-state index in [-0.39, 0.29) is 17.6 Å². The molecule has 0 atom stereocenters. The summed E-state index contributed by atoms with van der Waals surface area (Å²) < 4.78 is 12.8. The van der Waals surface area contributed by atoms with Crippen molar-refractivity contribution in [1.29, 1.82) is 0 Å². The molecule has 0 radical (unpaired) electrons. The maximum absolute atomic E-state index is 11.8. The van der Waals surface area contributed by atoms with Gasteiger partial charge in [-0.3, -0.25) is 4.79 Å². The summed E-state index contributed by atoms with van der Waals surface area (Å²) in [4.78, 5) is 11.8. The Hall–Kier alpha value is -2.76. The number of benzene rings is 3. The molecule has 1 N–H and O–H groups in total. The van der Waals surface area contributed by atoms with Gasteiger partial charge in [-0.1, -0.05) is 93.0 Å². The van der Waals surface area contributed by atoms with E-state index in [1.807, 2.05) is 42.5 Å². The molecule has 0 saturated carbocycles. The van der Waals surface area contributed by atoms with Crippen LogP contribution in [0.15, 0.2) is 72.8 Å². The van der Waals surface area contributed by atoms with Gasteiger partial charge >= 0.3 is 8.32 Å². The molecule has 0 aliphatic carbocycles. The molecule has 3 aromatic rings. The first-order chi connectivity index (χ1) is 14.3. The molecule has 1 aliphatic rings. The Bertz CT molecular complexity index is 1030. The molecule has 0 bridgehead atoms. The van der Waals surface area contributed by atoms with Gasteiger partial charge in [-0.2, -0.15) is 0 Å². The van der Waals surface area contributed by atoms with E-state index in [1.54, 1.807) is 6.07 Å². The number of hydrogen-bond acceptors (Lipinski definition) is 3. The molecule has 0 saturated heterocycles. The van der Waals surface area contributed by atoms with Gasteiger partial charge in [-0.05, 0) is 27.5 Å². The third kappa shape index (κ3) is 3.48. The Morgan fingerprint density at radius 2 is 1.50 bits per heavy atom. The van der Waals surface area contributed by atoms with Crippen molar-refractivity contribution in [2.45, 2.75) is 25.8 Å². The molecule has 154 valence electrons. The lowest BCUT2D eigenvalue weighted by atomic mass is 10.2. The molecule has 1 heterocycles. The van der Waals surface area contributed by atoms with Gasteiger partial charge in [0, 0.05) is 0 Å². The van der Waals surface area contributed by atoms with Crippen molar-refractivity contribution in [2.75, 3.05) is 11.9 Å². The quantitative estimate of drug-likeness (QED) is 0.606. The number of carbonyl (C=O) groups excluding carboxylic acids is 1. The Kier molecular flexibility index (Phi) is 5.34. The fourth-order valence-corrected chi connectivity index (χ4v) is 8.62. The van der Waals surface area contributed by atoms with Gasteiger partial charge in [0.25, 0.3) is 5.91 Å². The molecule has 1 amide bonds. The number of halogens is 1. The standard InChI is InChI=1S/C24H24ClNO3Si/c1-24(2,3)30(17-10-6-4-7-11-17,18-12-8-5-9-13-18)29-20-15-14-19(25)22-23(20)28-16-21(27)26-22/h4-15H,16H2,1-3H3,(H,26,27). The van der Waals surface area contributed by atoms with E-state index in [0.29, 0.717) is 22.2 Å². The highest BCUT2D eigenvalue weighted by Crippen LogP contribution is 2.46. The van der Waals surface area contributed by atoms with Crippen LogP contribution in [0.3, 0.4) is 0 Å². The third-order valence-corrected chi connectivity index (χ3v) is 10.6. The predicted octanol–water partition coefficient (Wildman–Crippen LogP) is 4.61. The molecule has 0 unspecified atom stereocenters. The fourth-order valence-electron chi connectivity index (χ4n) is 4.01. The van der Waals surface area contributed by atoms with E-state index in [1.165, 1.54) is 0 Å². The zero-order valence-corrected chi connectivity index (χ0v) is 19.0. The SMILES string of the molecule is CC(C)(C)[Si](Oc1ccc(Cl)c2c1OCC(=O)N2)(c1ccccc1)c1ccccc1. The maximum Gasteiger partial charge on any atom is 0.320 e. The van der Waals surface area contributed by atoms with Crippen molar-refractivity contribution in [3.63, 3.8) is 0 Å². The number of carbonyl (C=O) groups is 1. The minimum absolute atomic E-state index is 0.0650. The number of ether oxygens (including phenoxy) is 1. The lowest BCUT2D eigenvalue weighted by molar-refractivity contribution is -0.118. The molecular formula is C24H24ClNO3Si. The monoisotopic (exact) mass is 437 g/mol. The number of amides is 1. The van der Waals surface area contributed by atoms with Gasteiger partial charge in [-0.15, -0.1) is 0 Å². The summed E-state index contributed by atoms with van der Waals surface area (Å²) in [5.41, 5.74) is 0.461. The molecule has 4 rings (SSSR count). The van der Waals surface area contributed by atoms with Crippen LogP contribution in [0.1, 0.15) is 20.8 Å². The van der Waals surface area contributed by atoms with Crippen LogP contribution >= 0.6 is 11.6 Å². The number of anilines is 1. The van der Waals surface area contributed by atoms with Gasteiger partial charge in [-0.25, -0.2) is 0 Å². The van der Waals surface area contributed by atoms with Crippen LogP contribution in [-0.2, 0) is 4.79 Å². The number of hydrogen-bond donors (Lipinski definition) is 1. The molecule has 4 nitrogen and oxygen atoms in total. The van der Waals surface area contributed by atoms with Crippen LogP contribution in [0.4, 0.5) is 5.69 Å². The summed E-state index contributed by atoms with van der Waals surface area (Å²) in [5.74, 6) is 0.839. The maximum atomic E-state index is 11.8. The zero-order valence-electron chi connectivity index (χ0n) is 17.2. The highest BCUT2D eigenvalue weighted by atomic mass is 35.5. The number of fused-ring (bicyclic) bond motifs is 1. The van der Waals surface area contributed by atoms with Crippen LogP contribution in [-0.4, -0.2) is 20.8 Å². The summed E-state index contributed by atoms with van der Waals surface area (Å²) >= 11 is 6.34. The van der Waals surface area contributed by atoms with Crippen LogP contribution in [0.25, 0.3) is 0 Å². The zero-order chi connectivity index (χ0) is 21.4. The first-order valence-electron chi connectivity index (χ1n) is 9.88. The van der Waals surface area contributed by atoms with Crippen LogP contribution < -0.4 is 24.9 Å². The highest BCUT2D eigenvalue weighted by molar-refractivity contribution is 7.00. The van der Waals surface area contributed by atoms with Gasteiger partial charge in [0.15, 0.2) is 12.4 Å². The lowest BCUT2D eigenvalue weighted by Gasteiger charge is -2.43. The van der Waals surface area contributed by atoms with Gasteiger partial charge < -0.3 is 14.5 Å². The summed E-state index contributed by atoms with van der Waals surface area (Å²) in [6, 6.07) is 24.3. The van der Waals surface area contributed by atoms with Crippen molar-refractivity contribution >= 4 is 41.9 Å². The molecule has 6 heteroatoms. The molecule has 0 aromatic heterocycles. The van der Waals surface area contributed by atoms with E-state index in [2.05, 4.69) is 50.4 Å². The molecule has 0 fully saturated rings. The normalized spacial score (nSPS) is 13.8. The fraction of sp³-hybridized carbons (Fsp3) is 0.208. The second-order valence-electron chi connectivity index (χ2n) is 8.35. The van der Waals surface area contributed by atoms with Gasteiger partial charge in [0.2, 0.25) is 0 Å². The van der Waals surface area contributed by atoms with E-state index < -0.39 is 8.32 Å². The Labute approximate surface area is 182 Å². The Morgan fingerprint density at radius 1 is 0.933 bits per heavy atom. The van der Waals surface area contributed by atoms with E-state index in [9.17, 15) is 4.79 Å². The minimum atomic E-state index is -2.82. The highest BCUT2D eigenvalue weighted by Gasteiger charge is 2.52. The lowest BCUT2D eigenvalue weighted by Crippen LogP contribution is -2.68. The van der Waals surface area contributed by atoms with Crippen LogP contribution in [0.5, 0.6) is 11.5 Å². The number of rotatable bonds is 4. The molecule has 3 aromatic carbocycles. The summed E-state index contributed by atoms with van der Waals surface area (Å²) in [7, 11) is -2.82. The van der Waals surface area contributed by atoms with Gasteiger partial charge in [0.1, 0.15) is 11.4 Å². The van der Waals surface area contributed by atoms with E-state index >= 15 is 0 Å². The smallest absolute Gasteiger partial charge is 0.320 e. The third-order valence-electron chi connectivity index (χ3n) is 5.36. The second-order valence-corrected chi connectivity index (χ2v) is 13.0. The Balaban J connectivity index is 1.95. The summed E-state index contributed by atoms with van der Waals surface area (Å²) in [6.07, 6.45) is 0. The van der Waals surface area contributed by atoms with Crippen molar-refractivity contribution in [1.82, 2.24) is 0 Å². The van der Waals surface area contributed by atoms with Crippen molar-refractivity contribution in [3.8, 4) is 11.5 Å². The minimum Gasteiger partial charge on any atom is -0.531 e. The van der Waals surface area contributed by atoms with Crippen LogP contribution in [0.2, 0.25) is 10.1 Å². The predicted molar refractivity (Wildman–Crippen MR) is 124 cm³/mol. The second kappa shape index (κ2) is 7.82. The summed E-state index contributed by atoms with van der Waals surface area (Å²) in [5, 5.41) is 5.36. The van der Waals surface area contributed by atoms with E-state index in [4.69, 9.17) is 20.8 Å². The summed E-state index contributed by atoms with van der Waals surface area (Å²) in [6.45, 7) is 6.57. The van der Waals surface area contributed by atoms with Gasteiger partial charge in [0.05, 0.1) is 5.02 Å². The van der Waals surface area contributed by atoms with Crippen LogP contribution in [0, 0.1) is 0 Å². The molecule has 30 heavy (non-hydrogen) atoms. The topological polar surface area (TPSA) is 47.6 Å². The molecule has 0 spiro atoms. The average Bonchev–Trinajstić information content (AvgIpc) is 2.74. The van der Waals surface area contributed by atoms with Crippen molar-refractivity contribution < 1.29 is 14.0 Å². The first-order valence-corrected chi connectivity index (χ1v) is 12.2. The largest absolute Gasteiger partial charge is 0.531 e. The Morgan fingerprint density at radius 3 is 2.03 bits per heavy atom.